The van der Waals surface area contributed by atoms with Crippen molar-refractivity contribution in [3.8, 4) is 0 Å². The molecular formula is C15H18. The van der Waals surface area contributed by atoms with E-state index >= 15 is 0 Å². The fourth-order valence-electron chi connectivity index (χ4n) is 3.45. The Balaban J connectivity index is 2.05. The van der Waals surface area contributed by atoms with E-state index in [4.69, 9.17) is 0 Å². The molecule has 0 aromatic heterocycles. The van der Waals surface area contributed by atoms with Crippen LogP contribution in [0.25, 0.3) is 5.57 Å². The zero-order chi connectivity index (χ0) is 10.3. The fourth-order valence-corrected chi connectivity index (χ4v) is 3.45. The highest BCUT2D eigenvalue weighted by molar-refractivity contribution is 5.73. The molecule has 1 spiro atoms. The number of allylic oxidation sites excluding steroid dienone is 1. The zero-order valence-corrected chi connectivity index (χ0v) is 9.26. The van der Waals surface area contributed by atoms with Crippen LogP contribution in [0, 0.1) is 5.41 Å². The maximum atomic E-state index is 4.39. The lowest BCUT2D eigenvalue weighted by Gasteiger charge is -2.37. The minimum atomic E-state index is 0.481. The lowest BCUT2D eigenvalue weighted by molar-refractivity contribution is 0.371. The standard InChI is InChI=1S/C15H18/c1-12-14-7-3-2-6-13(14)8-11-15(12)9-4-5-10-15/h2-3,6-7H,1,4-5,8-11H2. The quantitative estimate of drug-likeness (QED) is 0.586. The summed E-state index contributed by atoms with van der Waals surface area (Å²) in [4.78, 5) is 0. The maximum absolute atomic E-state index is 4.39. The minimum absolute atomic E-state index is 0.481. The molecule has 0 heteroatoms. The third-order valence-corrected chi connectivity index (χ3v) is 4.42. The summed E-state index contributed by atoms with van der Waals surface area (Å²) in [5.74, 6) is 0. The fraction of sp³-hybridized carbons (Fsp3) is 0.467. The predicted molar refractivity (Wildman–Crippen MR) is 64.7 cm³/mol. The van der Waals surface area contributed by atoms with Crippen molar-refractivity contribution in [3.05, 3.63) is 42.0 Å². The Morgan fingerprint density at radius 1 is 1.00 bits per heavy atom. The molecule has 2 aliphatic rings. The van der Waals surface area contributed by atoms with Crippen molar-refractivity contribution in [2.45, 2.75) is 38.5 Å². The molecule has 0 saturated heterocycles. The van der Waals surface area contributed by atoms with Gasteiger partial charge in [0.2, 0.25) is 0 Å². The van der Waals surface area contributed by atoms with Crippen LogP contribution in [0.15, 0.2) is 30.8 Å². The largest absolute Gasteiger partial charge is 0.0947 e. The average molecular weight is 198 g/mol. The van der Waals surface area contributed by atoms with Crippen molar-refractivity contribution in [1.29, 1.82) is 0 Å². The maximum Gasteiger partial charge on any atom is -0.00436 e. The summed E-state index contributed by atoms with van der Waals surface area (Å²) in [6, 6.07) is 8.83. The summed E-state index contributed by atoms with van der Waals surface area (Å²) in [7, 11) is 0. The van der Waals surface area contributed by atoms with Gasteiger partial charge in [-0.25, -0.2) is 0 Å². The molecule has 0 amide bonds. The molecule has 3 rings (SSSR count). The van der Waals surface area contributed by atoms with Crippen LogP contribution < -0.4 is 0 Å². The second-order valence-corrected chi connectivity index (χ2v) is 5.12. The monoisotopic (exact) mass is 198 g/mol. The van der Waals surface area contributed by atoms with Crippen molar-refractivity contribution < 1.29 is 0 Å². The molecular weight excluding hydrogens is 180 g/mol. The van der Waals surface area contributed by atoms with Gasteiger partial charge in [-0.05, 0) is 47.8 Å². The first-order valence-electron chi connectivity index (χ1n) is 6.10. The molecule has 1 aromatic rings. The number of hydrogen-bond acceptors (Lipinski definition) is 0. The number of rotatable bonds is 0. The van der Waals surface area contributed by atoms with Crippen LogP contribution >= 0.6 is 0 Å². The Labute approximate surface area is 92.0 Å². The molecule has 1 saturated carbocycles. The van der Waals surface area contributed by atoms with E-state index in [-0.39, 0.29) is 0 Å². The molecule has 2 aliphatic carbocycles. The van der Waals surface area contributed by atoms with Gasteiger partial charge in [-0.15, -0.1) is 0 Å². The highest BCUT2D eigenvalue weighted by atomic mass is 14.4. The van der Waals surface area contributed by atoms with Gasteiger partial charge in [0.05, 0.1) is 0 Å². The Morgan fingerprint density at radius 3 is 2.53 bits per heavy atom. The summed E-state index contributed by atoms with van der Waals surface area (Å²) in [5.41, 5.74) is 4.88. The molecule has 0 aliphatic heterocycles. The van der Waals surface area contributed by atoms with Crippen molar-refractivity contribution >= 4 is 5.57 Å². The smallest absolute Gasteiger partial charge is 0.00436 e. The Morgan fingerprint density at radius 2 is 1.73 bits per heavy atom. The molecule has 1 fully saturated rings. The molecule has 0 radical (unpaired) electrons. The van der Waals surface area contributed by atoms with Gasteiger partial charge in [0.15, 0.2) is 0 Å². The predicted octanol–water partition coefficient (Wildman–Crippen LogP) is 4.21. The molecule has 0 N–H and O–H groups in total. The van der Waals surface area contributed by atoms with Crippen molar-refractivity contribution in [2.75, 3.05) is 0 Å². The average Bonchev–Trinajstić information content (AvgIpc) is 2.74. The Hall–Kier alpha value is -1.04. The van der Waals surface area contributed by atoms with Crippen LogP contribution in [0.3, 0.4) is 0 Å². The van der Waals surface area contributed by atoms with E-state index in [1.165, 1.54) is 55.2 Å². The normalized spacial score (nSPS) is 23.1. The van der Waals surface area contributed by atoms with Crippen molar-refractivity contribution in [1.82, 2.24) is 0 Å². The highest BCUT2D eigenvalue weighted by Gasteiger charge is 2.39. The van der Waals surface area contributed by atoms with Gasteiger partial charge < -0.3 is 0 Å². The summed E-state index contributed by atoms with van der Waals surface area (Å²) < 4.78 is 0. The molecule has 0 bridgehead atoms. The lowest BCUT2D eigenvalue weighted by atomic mass is 9.67. The molecule has 0 atom stereocenters. The topological polar surface area (TPSA) is 0 Å². The molecule has 15 heavy (non-hydrogen) atoms. The van der Waals surface area contributed by atoms with Gasteiger partial charge in [-0.2, -0.15) is 0 Å². The second kappa shape index (κ2) is 3.23. The van der Waals surface area contributed by atoms with Crippen molar-refractivity contribution in [3.63, 3.8) is 0 Å². The van der Waals surface area contributed by atoms with Gasteiger partial charge in [-0.3, -0.25) is 0 Å². The van der Waals surface area contributed by atoms with Gasteiger partial charge in [0, 0.05) is 0 Å². The SMILES string of the molecule is C=C1c2ccccc2CCC12CCCC2. The van der Waals surface area contributed by atoms with E-state index in [0.717, 1.165) is 0 Å². The van der Waals surface area contributed by atoms with Gasteiger partial charge in [-0.1, -0.05) is 43.7 Å². The third-order valence-electron chi connectivity index (χ3n) is 4.42. The van der Waals surface area contributed by atoms with Crippen LogP contribution in [0.4, 0.5) is 0 Å². The Kier molecular flexibility index (Phi) is 1.98. The van der Waals surface area contributed by atoms with Gasteiger partial charge in [0.25, 0.3) is 0 Å². The highest BCUT2D eigenvalue weighted by Crippen LogP contribution is 2.53. The van der Waals surface area contributed by atoms with E-state index in [1.807, 2.05) is 0 Å². The van der Waals surface area contributed by atoms with E-state index in [1.54, 1.807) is 0 Å². The number of benzene rings is 1. The van der Waals surface area contributed by atoms with Crippen LogP contribution in [0.1, 0.15) is 43.2 Å². The van der Waals surface area contributed by atoms with E-state index < -0.39 is 0 Å². The summed E-state index contributed by atoms with van der Waals surface area (Å²) in [6.45, 7) is 4.39. The first kappa shape index (κ1) is 9.21. The minimum Gasteiger partial charge on any atom is -0.0947 e. The third kappa shape index (κ3) is 1.27. The zero-order valence-electron chi connectivity index (χ0n) is 9.26. The summed E-state index contributed by atoms with van der Waals surface area (Å²) in [5, 5.41) is 0. The van der Waals surface area contributed by atoms with Crippen LogP contribution in [-0.2, 0) is 6.42 Å². The molecule has 0 unspecified atom stereocenters. The van der Waals surface area contributed by atoms with Crippen molar-refractivity contribution in [2.24, 2.45) is 5.41 Å². The Bertz CT molecular complexity index is 394. The summed E-state index contributed by atoms with van der Waals surface area (Å²) >= 11 is 0. The second-order valence-electron chi connectivity index (χ2n) is 5.12. The van der Waals surface area contributed by atoms with E-state index in [2.05, 4.69) is 30.8 Å². The number of aryl methyl sites for hydroxylation is 1. The molecule has 0 nitrogen and oxygen atoms in total. The van der Waals surface area contributed by atoms with Crippen LogP contribution in [-0.4, -0.2) is 0 Å². The van der Waals surface area contributed by atoms with E-state index in [9.17, 15) is 0 Å². The summed E-state index contributed by atoms with van der Waals surface area (Å²) in [6.07, 6.45) is 8.15. The first-order valence-corrected chi connectivity index (χ1v) is 6.10. The first-order chi connectivity index (χ1) is 7.32. The van der Waals surface area contributed by atoms with E-state index in [0.29, 0.717) is 5.41 Å². The van der Waals surface area contributed by atoms with Crippen LogP contribution in [0.2, 0.25) is 0 Å². The van der Waals surface area contributed by atoms with Crippen LogP contribution in [0.5, 0.6) is 0 Å². The molecule has 1 aromatic carbocycles. The number of fused-ring (bicyclic) bond motifs is 1. The molecule has 78 valence electrons. The lowest BCUT2D eigenvalue weighted by Crippen LogP contribution is -2.24. The number of hydrogen-bond donors (Lipinski definition) is 0. The van der Waals surface area contributed by atoms with Gasteiger partial charge in [0.1, 0.15) is 0 Å². The van der Waals surface area contributed by atoms with Gasteiger partial charge >= 0.3 is 0 Å². The molecule has 0 heterocycles.